The predicted octanol–water partition coefficient (Wildman–Crippen LogP) is 1.60. The van der Waals surface area contributed by atoms with Gasteiger partial charge in [-0.15, -0.1) is 0 Å². The standard InChI is InChI=1S/C17H20N2O5S2/c1-12(14-5-3-4-6-17(14)25(2,21)22)13-7-8-15(16(20)11-13)19-10-9-18-26(19,23)24/h3-8,11-12,18,20H,9-10H2,1-2H3. The number of sulfone groups is 1. The SMILES string of the molecule is CC(c1ccc(N2CCNS2(=O)=O)c(O)c1)c1ccccc1S(C)(=O)=O. The van der Waals surface area contributed by atoms with Gasteiger partial charge in [0.1, 0.15) is 5.75 Å². The Hall–Kier alpha value is -2.10. The van der Waals surface area contributed by atoms with Crippen molar-refractivity contribution in [2.75, 3.05) is 23.7 Å². The molecule has 26 heavy (non-hydrogen) atoms. The first-order chi connectivity index (χ1) is 12.1. The van der Waals surface area contributed by atoms with Crippen molar-refractivity contribution in [3.8, 4) is 5.75 Å². The lowest BCUT2D eigenvalue weighted by atomic mass is 9.92. The molecule has 1 unspecified atom stereocenters. The van der Waals surface area contributed by atoms with Crippen LogP contribution in [0.5, 0.6) is 5.75 Å². The van der Waals surface area contributed by atoms with E-state index < -0.39 is 20.0 Å². The summed E-state index contributed by atoms with van der Waals surface area (Å²) in [5.74, 6) is -0.465. The maximum Gasteiger partial charge on any atom is 0.301 e. The molecule has 140 valence electrons. The first-order valence-corrected chi connectivity index (χ1v) is 11.3. The van der Waals surface area contributed by atoms with Crippen molar-refractivity contribution in [2.24, 2.45) is 0 Å². The summed E-state index contributed by atoms with van der Waals surface area (Å²) in [5, 5.41) is 10.4. The highest BCUT2D eigenvalue weighted by Gasteiger charge is 2.30. The van der Waals surface area contributed by atoms with Crippen molar-refractivity contribution in [3.05, 3.63) is 53.6 Å². The Labute approximate surface area is 153 Å². The monoisotopic (exact) mass is 396 g/mol. The Morgan fingerprint density at radius 1 is 1.19 bits per heavy atom. The molecule has 9 heteroatoms. The van der Waals surface area contributed by atoms with Gasteiger partial charge in [0, 0.05) is 25.3 Å². The van der Waals surface area contributed by atoms with Gasteiger partial charge in [-0.1, -0.05) is 31.2 Å². The van der Waals surface area contributed by atoms with E-state index in [4.69, 9.17) is 0 Å². The van der Waals surface area contributed by atoms with Gasteiger partial charge < -0.3 is 5.11 Å². The topological polar surface area (TPSA) is 104 Å². The van der Waals surface area contributed by atoms with Gasteiger partial charge in [0.25, 0.3) is 0 Å². The Morgan fingerprint density at radius 2 is 1.88 bits per heavy atom. The maximum atomic E-state index is 12.0. The molecule has 0 saturated carbocycles. The molecule has 2 aromatic rings. The van der Waals surface area contributed by atoms with Gasteiger partial charge in [-0.3, -0.25) is 4.31 Å². The third-order valence-corrected chi connectivity index (χ3v) is 7.14. The Balaban J connectivity index is 2.01. The number of nitrogens with zero attached hydrogens (tertiary/aromatic N) is 1. The highest BCUT2D eigenvalue weighted by atomic mass is 32.2. The fraction of sp³-hybridized carbons (Fsp3) is 0.294. The molecule has 1 heterocycles. The van der Waals surface area contributed by atoms with Gasteiger partial charge in [-0.25, -0.2) is 8.42 Å². The molecular weight excluding hydrogens is 376 g/mol. The number of anilines is 1. The molecule has 0 spiro atoms. The number of hydrogen-bond acceptors (Lipinski definition) is 5. The molecule has 0 aliphatic carbocycles. The predicted molar refractivity (Wildman–Crippen MR) is 99.4 cm³/mol. The van der Waals surface area contributed by atoms with Crippen LogP contribution >= 0.6 is 0 Å². The van der Waals surface area contributed by atoms with Gasteiger partial charge in [0.15, 0.2) is 9.84 Å². The molecule has 1 aliphatic rings. The fourth-order valence-electron chi connectivity index (χ4n) is 3.10. The van der Waals surface area contributed by atoms with Gasteiger partial charge in [-0.05, 0) is 29.3 Å². The average Bonchev–Trinajstić information content (AvgIpc) is 2.92. The van der Waals surface area contributed by atoms with Crippen LogP contribution in [-0.2, 0) is 20.0 Å². The first kappa shape index (κ1) is 18.7. The van der Waals surface area contributed by atoms with Crippen molar-refractivity contribution < 1.29 is 21.9 Å². The van der Waals surface area contributed by atoms with E-state index in [0.717, 1.165) is 10.6 Å². The van der Waals surface area contributed by atoms with Gasteiger partial charge in [0.2, 0.25) is 0 Å². The van der Waals surface area contributed by atoms with E-state index in [0.29, 0.717) is 11.1 Å². The van der Waals surface area contributed by atoms with E-state index in [2.05, 4.69) is 4.72 Å². The van der Waals surface area contributed by atoms with Crippen molar-refractivity contribution in [2.45, 2.75) is 17.7 Å². The molecular formula is C17H20N2O5S2. The molecule has 1 saturated heterocycles. The number of rotatable bonds is 4. The largest absolute Gasteiger partial charge is 0.506 e. The molecule has 2 aromatic carbocycles. The number of phenolic OH excluding ortho intramolecular Hbond substituents is 1. The smallest absolute Gasteiger partial charge is 0.301 e. The molecule has 0 aromatic heterocycles. The highest BCUT2D eigenvalue weighted by Crippen LogP contribution is 2.36. The van der Waals surface area contributed by atoms with E-state index >= 15 is 0 Å². The van der Waals surface area contributed by atoms with Crippen LogP contribution in [0.1, 0.15) is 24.0 Å². The molecule has 1 aliphatic heterocycles. The molecule has 2 N–H and O–H groups in total. The second kappa shape index (κ2) is 6.57. The lowest BCUT2D eigenvalue weighted by Gasteiger charge is -2.20. The third kappa shape index (κ3) is 3.42. The average molecular weight is 396 g/mol. The van der Waals surface area contributed by atoms with Crippen LogP contribution in [0, 0.1) is 0 Å². The number of hydrogen-bond donors (Lipinski definition) is 2. The van der Waals surface area contributed by atoms with Crippen molar-refractivity contribution in [1.29, 1.82) is 0 Å². The number of aromatic hydroxyl groups is 1. The first-order valence-electron chi connectivity index (χ1n) is 8.00. The zero-order valence-corrected chi connectivity index (χ0v) is 16.0. The van der Waals surface area contributed by atoms with Gasteiger partial charge in [-0.2, -0.15) is 13.1 Å². The van der Waals surface area contributed by atoms with Crippen LogP contribution in [0.4, 0.5) is 5.69 Å². The van der Waals surface area contributed by atoms with Crippen LogP contribution in [0.15, 0.2) is 47.4 Å². The lowest BCUT2D eigenvalue weighted by Crippen LogP contribution is -2.29. The summed E-state index contributed by atoms with van der Waals surface area (Å²) in [6.07, 6.45) is 1.16. The van der Waals surface area contributed by atoms with Crippen LogP contribution in [0.3, 0.4) is 0 Å². The Kier molecular flexibility index (Phi) is 4.72. The van der Waals surface area contributed by atoms with E-state index in [1.807, 2.05) is 6.92 Å². The van der Waals surface area contributed by atoms with Crippen molar-refractivity contribution in [3.63, 3.8) is 0 Å². The number of phenols is 1. The zero-order chi connectivity index (χ0) is 19.1. The summed E-state index contributed by atoms with van der Waals surface area (Å²) in [6.45, 7) is 2.36. The van der Waals surface area contributed by atoms with Crippen LogP contribution in [-0.4, -0.2) is 41.3 Å². The fourth-order valence-corrected chi connectivity index (χ4v) is 5.35. The summed E-state index contributed by atoms with van der Waals surface area (Å²) in [4.78, 5) is 0.238. The summed E-state index contributed by atoms with van der Waals surface area (Å²) >= 11 is 0. The minimum atomic E-state index is -3.63. The number of nitrogens with one attached hydrogen (secondary N) is 1. The molecule has 1 fully saturated rings. The summed E-state index contributed by atoms with van der Waals surface area (Å²) in [5.41, 5.74) is 1.51. The highest BCUT2D eigenvalue weighted by molar-refractivity contribution is 7.91. The quantitative estimate of drug-likeness (QED) is 0.817. The Morgan fingerprint density at radius 3 is 2.46 bits per heavy atom. The number of benzene rings is 2. The summed E-state index contributed by atoms with van der Waals surface area (Å²) in [7, 11) is -7.02. The second-order valence-electron chi connectivity index (χ2n) is 6.25. The van der Waals surface area contributed by atoms with E-state index in [-0.39, 0.29) is 35.3 Å². The molecule has 3 rings (SSSR count). The zero-order valence-electron chi connectivity index (χ0n) is 14.4. The molecule has 0 bridgehead atoms. The van der Waals surface area contributed by atoms with Crippen molar-refractivity contribution >= 4 is 25.7 Å². The molecule has 7 nitrogen and oxygen atoms in total. The molecule has 0 amide bonds. The lowest BCUT2D eigenvalue weighted by molar-refractivity contribution is 0.474. The van der Waals surface area contributed by atoms with E-state index in [9.17, 15) is 21.9 Å². The normalized spacial score (nSPS) is 18.0. The van der Waals surface area contributed by atoms with Crippen molar-refractivity contribution in [1.82, 2.24) is 4.72 Å². The van der Waals surface area contributed by atoms with Crippen LogP contribution in [0.25, 0.3) is 0 Å². The molecule has 1 atom stereocenters. The molecule has 0 radical (unpaired) electrons. The van der Waals surface area contributed by atoms with E-state index in [1.165, 1.54) is 12.1 Å². The van der Waals surface area contributed by atoms with Crippen LogP contribution in [0.2, 0.25) is 0 Å². The Bertz CT molecular complexity index is 1050. The second-order valence-corrected chi connectivity index (χ2v) is 9.92. The van der Waals surface area contributed by atoms with Gasteiger partial charge in [0.05, 0.1) is 10.6 Å². The minimum absolute atomic E-state index is 0.168. The van der Waals surface area contributed by atoms with Crippen LogP contribution < -0.4 is 9.03 Å². The summed E-state index contributed by atoms with van der Waals surface area (Å²) < 4.78 is 51.4. The summed E-state index contributed by atoms with van der Waals surface area (Å²) in [6, 6.07) is 11.4. The minimum Gasteiger partial charge on any atom is -0.506 e. The van der Waals surface area contributed by atoms with E-state index in [1.54, 1.807) is 30.3 Å². The van der Waals surface area contributed by atoms with Gasteiger partial charge >= 0.3 is 10.2 Å². The third-order valence-electron chi connectivity index (χ3n) is 4.44. The maximum absolute atomic E-state index is 12.0.